The zero-order valence-electron chi connectivity index (χ0n) is 40.7. The Bertz CT molecular complexity index is 1150. The maximum Gasteiger partial charge on any atom is 0.306 e. The molecule has 358 valence electrons. The molecule has 0 aliphatic rings. The molecule has 0 rings (SSSR count). The number of carbonyl (C=O) groups excluding carboxylic acids is 2. The molecule has 6 heteroatoms. The summed E-state index contributed by atoms with van der Waals surface area (Å²) in [5.74, 6) is -0.551. The lowest BCUT2D eigenvalue weighted by Crippen LogP contribution is -2.46. The Morgan fingerprint density at radius 1 is 0.484 bits per heavy atom. The number of esters is 1. The molecule has 62 heavy (non-hydrogen) atoms. The molecular formula is C56H99NO5. The van der Waals surface area contributed by atoms with Crippen molar-refractivity contribution in [1.29, 1.82) is 0 Å². The van der Waals surface area contributed by atoms with Gasteiger partial charge in [0, 0.05) is 6.42 Å². The lowest BCUT2D eigenvalue weighted by molar-refractivity contribution is -0.151. The molecular weight excluding hydrogens is 767 g/mol. The van der Waals surface area contributed by atoms with Crippen LogP contribution in [-0.2, 0) is 14.3 Å². The van der Waals surface area contributed by atoms with Gasteiger partial charge in [0.1, 0.15) is 6.10 Å². The number of rotatable bonds is 46. The van der Waals surface area contributed by atoms with Gasteiger partial charge in [-0.05, 0) is 64.2 Å². The van der Waals surface area contributed by atoms with Gasteiger partial charge in [-0.15, -0.1) is 0 Å². The van der Waals surface area contributed by atoms with Gasteiger partial charge in [0.25, 0.3) is 0 Å². The van der Waals surface area contributed by atoms with E-state index in [0.717, 1.165) is 57.8 Å². The van der Waals surface area contributed by atoms with Crippen molar-refractivity contribution in [1.82, 2.24) is 5.32 Å². The molecule has 0 aromatic carbocycles. The zero-order chi connectivity index (χ0) is 45.2. The Morgan fingerprint density at radius 3 is 1.39 bits per heavy atom. The van der Waals surface area contributed by atoms with Crippen LogP contribution in [0.15, 0.2) is 72.9 Å². The highest BCUT2D eigenvalue weighted by Crippen LogP contribution is 2.17. The maximum atomic E-state index is 13.2. The fraction of sp³-hybridized carbons (Fsp3) is 0.750. The molecule has 0 fully saturated rings. The molecule has 3 unspecified atom stereocenters. The van der Waals surface area contributed by atoms with Gasteiger partial charge in [0.05, 0.1) is 25.2 Å². The summed E-state index contributed by atoms with van der Waals surface area (Å²) in [6.07, 6.45) is 62.5. The van der Waals surface area contributed by atoms with Gasteiger partial charge in [0.2, 0.25) is 5.91 Å². The number of nitrogens with one attached hydrogen (secondary N) is 1. The van der Waals surface area contributed by atoms with E-state index in [1.54, 1.807) is 0 Å². The van der Waals surface area contributed by atoms with E-state index >= 15 is 0 Å². The van der Waals surface area contributed by atoms with Crippen LogP contribution in [0.2, 0.25) is 0 Å². The van der Waals surface area contributed by atoms with Gasteiger partial charge in [-0.25, -0.2) is 0 Å². The number of allylic oxidation sites excluding steroid dienone is 12. The quantitative estimate of drug-likeness (QED) is 0.0245. The summed E-state index contributed by atoms with van der Waals surface area (Å²) in [5, 5.41) is 23.7. The average molecular weight is 866 g/mol. The van der Waals surface area contributed by atoms with Crippen molar-refractivity contribution >= 4 is 11.9 Å². The fourth-order valence-electron chi connectivity index (χ4n) is 7.69. The Kier molecular flexibility index (Phi) is 47.2. The summed E-state index contributed by atoms with van der Waals surface area (Å²) in [6.45, 7) is 6.32. The molecule has 0 spiro atoms. The van der Waals surface area contributed by atoms with Crippen LogP contribution in [0, 0.1) is 0 Å². The molecule has 0 aromatic heterocycles. The first-order valence-electron chi connectivity index (χ1n) is 26.2. The van der Waals surface area contributed by atoms with Crippen molar-refractivity contribution in [2.45, 2.75) is 264 Å². The molecule has 3 atom stereocenters. The van der Waals surface area contributed by atoms with Crippen LogP contribution >= 0.6 is 0 Å². The van der Waals surface area contributed by atoms with Gasteiger partial charge in [0.15, 0.2) is 0 Å². The molecule has 1 amide bonds. The Morgan fingerprint density at radius 2 is 0.903 bits per heavy atom. The molecule has 0 radical (unpaired) electrons. The number of amides is 1. The van der Waals surface area contributed by atoms with Crippen molar-refractivity contribution in [2.24, 2.45) is 0 Å². The zero-order valence-corrected chi connectivity index (χ0v) is 40.7. The third-order valence-electron chi connectivity index (χ3n) is 11.6. The number of aliphatic hydroxyl groups excluding tert-OH is 2. The van der Waals surface area contributed by atoms with E-state index in [1.807, 2.05) is 48.6 Å². The summed E-state index contributed by atoms with van der Waals surface area (Å²) in [5.41, 5.74) is 0. The maximum absolute atomic E-state index is 13.2. The van der Waals surface area contributed by atoms with Gasteiger partial charge < -0.3 is 20.3 Å². The second-order valence-corrected chi connectivity index (χ2v) is 17.7. The van der Waals surface area contributed by atoms with Gasteiger partial charge >= 0.3 is 5.97 Å². The van der Waals surface area contributed by atoms with Crippen LogP contribution in [0.25, 0.3) is 0 Å². The van der Waals surface area contributed by atoms with Crippen LogP contribution in [0.5, 0.6) is 0 Å². The standard InChI is InChI=1S/C56H99NO5/c1-4-7-10-13-16-19-22-25-26-27-28-31-34-37-40-43-46-49-56(61)62-52(47-44-41-38-35-32-29-23-20-17-14-11-8-5-2)50-55(60)57-53(51-58)54(59)48-45-42-39-36-33-30-24-21-18-15-12-9-6-3/h8,11,14,17,20,23,25-26,29,32,35,38,52-54,58-59H,4-7,9-10,12-13,15-16,18-19,21-22,24,27-28,30-31,33-34,36-37,39-51H2,1-3H3,(H,57,60)/b11-8+,17-14+,23-20-,26-25+,32-29-,38-35+. The minimum Gasteiger partial charge on any atom is -0.462 e. The summed E-state index contributed by atoms with van der Waals surface area (Å²) < 4.78 is 5.90. The molecule has 0 saturated carbocycles. The molecule has 0 heterocycles. The Labute approximate surface area is 383 Å². The van der Waals surface area contributed by atoms with Crippen molar-refractivity contribution in [3.05, 3.63) is 72.9 Å². The van der Waals surface area contributed by atoms with Crippen LogP contribution in [0.1, 0.15) is 245 Å². The summed E-state index contributed by atoms with van der Waals surface area (Å²) in [6, 6.07) is -0.727. The van der Waals surface area contributed by atoms with Crippen LogP contribution in [-0.4, -0.2) is 46.9 Å². The highest BCUT2D eigenvalue weighted by molar-refractivity contribution is 5.77. The van der Waals surface area contributed by atoms with E-state index in [0.29, 0.717) is 19.3 Å². The summed E-state index contributed by atoms with van der Waals surface area (Å²) in [7, 11) is 0. The largest absolute Gasteiger partial charge is 0.462 e. The monoisotopic (exact) mass is 866 g/mol. The van der Waals surface area contributed by atoms with E-state index in [2.05, 4.69) is 50.4 Å². The first kappa shape index (κ1) is 59.3. The van der Waals surface area contributed by atoms with Gasteiger partial charge in [-0.2, -0.15) is 0 Å². The normalized spacial score (nSPS) is 13.8. The second-order valence-electron chi connectivity index (χ2n) is 17.7. The predicted molar refractivity (Wildman–Crippen MR) is 268 cm³/mol. The highest BCUT2D eigenvalue weighted by Gasteiger charge is 2.24. The van der Waals surface area contributed by atoms with E-state index in [-0.39, 0.29) is 24.9 Å². The molecule has 0 bridgehead atoms. The third kappa shape index (κ3) is 43.9. The topological polar surface area (TPSA) is 95.9 Å². The van der Waals surface area contributed by atoms with Crippen LogP contribution < -0.4 is 5.32 Å². The van der Waals surface area contributed by atoms with Gasteiger partial charge in [-0.1, -0.05) is 241 Å². The number of carbonyl (C=O) groups is 2. The van der Waals surface area contributed by atoms with Crippen molar-refractivity contribution < 1.29 is 24.5 Å². The highest BCUT2D eigenvalue weighted by atomic mass is 16.5. The predicted octanol–water partition coefficient (Wildman–Crippen LogP) is 15.8. The average Bonchev–Trinajstić information content (AvgIpc) is 3.26. The number of ether oxygens (including phenoxy) is 1. The van der Waals surface area contributed by atoms with E-state index in [1.165, 1.54) is 141 Å². The minimum absolute atomic E-state index is 0.0251. The van der Waals surface area contributed by atoms with Crippen molar-refractivity contribution in [3.63, 3.8) is 0 Å². The molecule has 3 N–H and O–H groups in total. The Hall–Kier alpha value is -2.70. The van der Waals surface area contributed by atoms with E-state index < -0.39 is 18.2 Å². The summed E-state index contributed by atoms with van der Waals surface area (Å²) >= 11 is 0. The Balaban J connectivity index is 4.65. The lowest BCUT2D eigenvalue weighted by atomic mass is 10.0. The molecule has 0 aliphatic heterocycles. The molecule has 0 aromatic rings. The lowest BCUT2D eigenvalue weighted by Gasteiger charge is -2.24. The van der Waals surface area contributed by atoms with Crippen LogP contribution in [0.4, 0.5) is 0 Å². The first-order chi connectivity index (χ1) is 30.5. The number of unbranched alkanes of at least 4 members (excludes halogenated alkanes) is 26. The first-order valence-corrected chi connectivity index (χ1v) is 26.2. The smallest absolute Gasteiger partial charge is 0.306 e. The van der Waals surface area contributed by atoms with Crippen molar-refractivity contribution in [2.75, 3.05) is 6.61 Å². The SMILES string of the molecule is CC/C=C/C=C/C=C\C=C/C=C/CCCC(CC(=O)NC(CO)C(O)CCCCCCCCCCCCCCC)OC(=O)CCCCCCCCC/C=C/CCCCCCCC. The second kappa shape index (κ2) is 49.3. The summed E-state index contributed by atoms with van der Waals surface area (Å²) in [4.78, 5) is 26.1. The third-order valence-corrected chi connectivity index (χ3v) is 11.6. The number of hydrogen-bond donors (Lipinski definition) is 3. The number of aliphatic hydroxyl groups is 2. The van der Waals surface area contributed by atoms with Crippen molar-refractivity contribution in [3.8, 4) is 0 Å². The van der Waals surface area contributed by atoms with Crippen LogP contribution in [0.3, 0.4) is 0 Å². The fourth-order valence-corrected chi connectivity index (χ4v) is 7.69. The molecule has 0 saturated heterocycles. The number of hydrogen-bond acceptors (Lipinski definition) is 5. The van der Waals surface area contributed by atoms with E-state index in [9.17, 15) is 19.8 Å². The van der Waals surface area contributed by atoms with Gasteiger partial charge in [-0.3, -0.25) is 9.59 Å². The molecule has 0 aliphatic carbocycles. The van der Waals surface area contributed by atoms with E-state index in [4.69, 9.17) is 4.74 Å². The minimum atomic E-state index is -0.809. The molecule has 6 nitrogen and oxygen atoms in total.